The summed E-state index contributed by atoms with van der Waals surface area (Å²) in [5, 5.41) is 9.18. The Kier molecular flexibility index (Phi) is 4.20. The van der Waals surface area contributed by atoms with Crippen molar-refractivity contribution in [1.29, 1.82) is 0 Å². The second-order valence-corrected chi connectivity index (χ2v) is 5.27. The van der Waals surface area contributed by atoms with Gasteiger partial charge in [0.1, 0.15) is 5.82 Å². The van der Waals surface area contributed by atoms with Crippen molar-refractivity contribution in [3.05, 3.63) is 35.1 Å². The van der Waals surface area contributed by atoms with E-state index in [9.17, 15) is 14.3 Å². The second-order valence-electron chi connectivity index (χ2n) is 5.27. The van der Waals surface area contributed by atoms with E-state index in [1.54, 1.807) is 0 Å². The fraction of sp³-hybridized carbons (Fsp3) is 0.533. The number of carbonyl (C=O) groups is 1. The van der Waals surface area contributed by atoms with Gasteiger partial charge in [0.25, 0.3) is 0 Å². The average Bonchev–Trinajstić information content (AvgIpc) is 2.70. The van der Waals surface area contributed by atoms with Gasteiger partial charge in [-0.2, -0.15) is 0 Å². The lowest BCUT2D eigenvalue weighted by molar-refractivity contribution is 0.0693. The summed E-state index contributed by atoms with van der Waals surface area (Å²) in [5.41, 5.74) is 0.773. The van der Waals surface area contributed by atoms with Crippen LogP contribution in [0.5, 0.6) is 0 Å². The van der Waals surface area contributed by atoms with Gasteiger partial charge in [-0.25, -0.2) is 9.18 Å². The zero-order valence-electron chi connectivity index (χ0n) is 11.4. The summed E-state index contributed by atoms with van der Waals surface area (Å²) in [5.74, 6) is -1.37. The van der Waals surface area contributed by atoms with Crippen molar-refractivity contribution in [2.75, 3.05) is 0 Å². The first-order valence-corrected chi connectivity index (χ1v) is 6.80. The van der Waals surface area contributed by atoms with Crippen molar-refractivity contribution in [2.45, 2.75) is 51.7 Å². The van der Waals surface area contributed by atoms with Gasteiger partial charge < -0.3 is 5.11 Å². The predicted molar refractivity (Wildman–Crippen MR) is 71.7 cm³/mol. The van der Waals surface area contributed by atoms with Crippen LogP contribution in [0.4, 0.5) is 4.39 Å². The number of halogens is 1. The van der Waals surface area contributed by atoms with E-state index >= 15 is 0 Å². The summed E-state index contributed by atoms with van der Waals surface area (Å²) in [7, 11) is 0. The van der Waals surface area contributed by atoms with Crippen molar-refractivity contribution in [1.82, 2.24) is 4.90 Å². The number of rotatable bonds is 4. The molecule has 0 radical (unpaired) electrons. The number of hydrogen-bond acceptors (Lipinski definition) is 2. The molecular formula is C15H20FNO2. The Morgan fingerprint density at radius 1 is 1.47 bits per heavy atom. The SMILES string of the molecule is CCC1CCC(C)N1Cc1cc(F)ccc1C(=O)O. The Labute approximate surface area is 113 Å². The fourth-order valence-electron chi connectivity index (χ4n) is 2.95. The normalized spacial score (nSPS) is 23.7. The number of carboxylic acids is 1. The molecule has 0 spiro atoms. The van der Waals surface area contributed by atoms with Crippen molar-refractivity contribution >= 4 is 5.97 Å². The molecule has 2 rings (SSSR count). The van der Waals surface area contributed by atoms with Crippen LogP contribution in [-0.2, 0) is 6.54 Å². The first kappa shape index (κ1) is 14.0. The topological polar surface area (TPSA) is 40.5 Å². The molecule has 1 saturated heterocycles. The number of likely N-dealkylation sites (tertiary alicyclic amines) is 1. The molecule has 2 unspecified atom stereocenters. The summed E-state index contributed by atoms with van der Waals surface area (Å²) in [6.45, 7) is 4.80. The number of hydrogen-bond donors (Lipinski definition) is 1. The molecule has 2 atom stereocenters. The molecule has 1 aromatic rings. The van der Waals surface area contributed by atoms with Crippen molar-refractivity contribution in [3.8, 4) is 0 Å². The maximum atomic E-state index is 13.3. The molecule has 0 saturated carbocycles. The lowest BCUT2D eigenvalue weighted by Crippen LogP contribution is -2.34. The third-order valence-corrected chi connectivity index (χ3v) is 4.07. The van der Waals surface area contributed by atoms with Crippen LogP contribution < -0.4 is 0 Å². The molecular weight excluding hydrogens is 245 g/mol. The summed E-state index contributed by atoms with van der Waals surface area (Å²) < 4.78 is 13.3. The van der Waals surface area contributed by atoms with Crippen LogP contribution in [0.15, 0.2) is 18.2 Å². The minimum Gasteiger partial charge on any atom is -0.478 e. The van der Waals surface area contributed by atoms with Gasteiger partial charge in [-0.1, -0.05) is 6.92 Å². The molecule has 1 aliphatic rings. The van der Waals surface area contributed by atoms with Gasteiger partial charge in [0.05, 0.1) is 5.56 Å². The molecule has 0 aliphatic carbocycles. The van der Waals surface area contributed by atoms with Gasteiger partial charge in [-0.05, 0) is 49.9 Å². The summed E-state index contributed by atoms with van der Waals surface area (Å²) in [6, 6.07) is 4.81. The van der Waals surface area contributed by atoms with Gasteiger partial charge in [-0.3, -0.25) is 4.90 Å². The zero-order valence-corrected chi connectivity index (χ0v) is 11.4. The summed E-state index contributed by atoms with van der Waals surface area (Å²) in [4.78, 5) is 13.5. The second kappa shape index (κ2) is 5.70. The largest absolute Gasteiger partial charge is 0.478 e. The van der Waals surface area contributed by atoms with Crippen LogP contribution in [0.1, 0.15) is 49.0 Å². The van der Waals surface area contributed by atoms with Crippen LogP contribution >= 0.6 is 0 Å². The standard InChI is InChI=1S/C15H20FNO2/c1-3-13-6-4-10(2)17(13)9-11-8-12(16)5-7-14(11)15(18)19/h5,7-8,10,13H,3-4,6,9H2,1-2H3,(H,18,19). The Balaban J connectivity index is 2.27. The van der Waals surface area contributed by atoms with Gasteiger partial charge >= 0.3 is 5.97 Å². The Morgan fingerprint density at radius 3 is 2.84 bits per heavy atom. The number of benzene rings is 1. The highest BCUT2D eigenvalue weighted by Crippen LogP contribution is 2.28. The van der Waals surface area contributed by atoms with E-state index in [0.717, 1.165) is 19.3 Å². The number of aromatic carboxylic acids is 1. The van der Waals surface area contributed by atoms with E-state index in [2.05, 4.69) is 18.7 Å². The minimum absolute atomic E-state index is 0.204. The molecule has 1 aromatic carbocycles. The maximum absolute atomic E-state index is 13.3. The molecule has 4 heteroatoms. The summed E-state index contributed by atoms with van der Waals surface area (Å²) in [6.07, 6.45) is 3.30. The van der Waals surface area contributed by atoms with E-state index < -0.39 is 5.97 Å². The molecule has 104 valence electrons. The van der Waals surface area contributed by atoms with Gasteiger partial charge in [0.2, 0.25) is 0 Å². The highest BCUT2D eigenvalue weighted by molar-refractivity contribution is 5.89. The summed E-state index contributed by atoms with van der Waals surface area (Å²) >= 11 is 0. The molecule has 1 aliphatic heterocycles. The number of carboxylic acid groups (broad SMARTS) is 1. The quantitative estimate of drug-likeness (QED) is 0.908. The van der Waals surface area contributed by atoms with Crippen LogP contribution in [0.3, 0.4) is 0 Å². The van der Waals surface area contributed by atoms with Gasteiger partial charge in [-0.15, -0.1) is 0 Å². The monoisotopic (exact) mass is 265 g/mol. The zero-order chi connectivity index (χ0) is 14.0. The van der Waals surface area contributed by atoms with E-state index in [0.29, 0.717) is 24.2 Å². The smallest absolute Gasteiger partial charge is 0.336 e. The highest BCUT2D eigenvalue weighted by Gasteiger charge is 2.30. The molecule has 0 amide bonds. The van der Waals surface area contributed by atoms with Gasteiger partial charge in [0.15, 0.2) is 0 Å². The third kappa shape index (κ3) is 2.95. The lowest BCUT2D eigenvalue weighted by Gasteiger charge is -2.28. The number of nitrogens with zero attached hydrogens (tertiary/aromatic N) is 1. The van der Waals surface area contributed by atoms with Crippen molar-refractivity contribution in [2.24, 2.45) is 0 Å². The molecule has 3 nitrogen and oxygen atoms in total. The lowest BCUT2D eigenvalue weighted by atomic mass is 10.1. The van der Waals surface area contributed by atoms with E-state index in [1.807, 2.05) is 0 Å². The molecule has 0 bridgehead atoms. The first-order valence-electron chi connectivity index (χ1n) is 6.80. The fourth-order valence-corrected chi connectivity index (χ4v) is 2.95. The molecule has 1 fully saturated rings. The van der Waals surface area contributed by atoms with E-state index in [4.69, 9.17) is 0 Å². The maximum Gasteiger partial charge on any atom is 0.336 e. The third-order valence-electron chi connectivity index (χ3n) is 4.07. The van der Waals surface area contributed by atoms with E-state index in [1.165, 1.54) is 18.2 Å². The molecule has 19 heavy (non-hydrogen) atoms. The van der Waals surface area contributed by atoms with Crippen LogP contribution in [0.25, 0.3) is 0 Å². The van der Waals surface area contributed by atoms with Crippen molar-refractivity contribution in [3.63, 3.8) is 0 Å². The first-order chi connectivity index (χ1) is 9.02. The van der Waals surface area contributed by atoms with Crippen LogP contribution in [0, 0.1) is 5.82 Å². The van der Waals surface area contributed by atoms with Crippen molar-refractivity contribution < 1.29 is 14.3 Å². The van der Waals surface area contributed by atoms with Crippen LogP contribution in [0.2, 0.25) is 0 Å². The minimum atomic E-state index is -0.991. The average molecular weight is 265 g/mol. The van der Waals surface area contributed by atoms with Gasteiger partial charge in [0, 0.05) is 18.6 Å². The Morgan fingerprint density at radius 2 is 2.21 bits per heavy atom. The Bertz CT molecular complexity index is 475. The molecule has 0 aromatic heterocycles. The highest BCUT2D eigenvalue weighted by atomic mass is 19.1. The predicted octanol–water partition coefficient (Wildman–Crippen LogP) is 3.29. The Hall–Kier alpha value is -1.42. The van der Waals surface area contributed by atoms with Crippen LogP contribution in [-0.4, -0.2) is 28.1 Å². The molecule has 1 N–H and O–H groups in total. The van der Waals surface area contributed by atoms with E-state index in [-0.39, 0.29) is 11.4 Å². The molecule has 1 heterocycles.